The van der Waals surface area contributed by atoms with Gasteiger partial charge in [-0.05, 0) is 49.9 Å². The first-order valence-electron chi connectivity index (χ1n) is 6.87. The van der Waals surface area contributed by atoms with Crippen LogP contribution in [-0.2, 0) is 6.42 Å². The molecule has 2 nitrogen and oxygen atoms in total. The number of nitrogens with zero attached hydrogens (tertiary/aromatic N) is 1. The molecule has 0 saturated heterocycles. The van der Waals surface area contributed by atoms with Gasteiger partial charge < -0.3 is 10.6 Å². The summed E-state index contributed by atoms with van der Waals surface area (Å²) in [5.74, 6) is 0. The van der Waals surface area contributed by atoms with E-state index in [0.717, 1.165) is 24.0 Å². The van der Waals surface area contributed by atoms with Gasteiger partial charge in [-0.1, -0.05) is 29.8 Å². The van der Waals surface area contributed by atoms with E-state index in [1.54, 1.807) is 0 Å². The Morgan fingerprint density at radius 3 is 2.33 bits per heavy atom. The number of hydrogen-bond donors (Lipinski definition) is 1. The quantitative estimate of drug-likeness (QED) is 0.825. The van der Waals surface area contributed by atoms with Gasteiger partial charge in [0.05, 0.1) is 0 Å². The number of nitrogens with two attached hydrogens (primary N) is 1. The summed E-state index contributed by atoms with van der Waals surface area (Å²) in [6.07, 6.45) is 3.28. The van der Waals surface area contributed by atoms with E-state index >= 15 is 0 Å². The van der Waals surface area contributed by atoms with Crippen LogP contribution in [0.2, 0.25) is 0 Å². The highest BCUT2D eigenvalue weighted by Gasteiger charge is 2.11. The SMILES string of the molecule is CCCN(CCC)c1ccc(Br)cc1CC(C)N. The average molecular weight is 313 g/mol. The number of rotatable bonds is 7. The topological polar surface area (TPSA) is 29.3 Å². The lowest BCUT2D eigenvalue weighted by molar-refractivity contribution is 0.713. The van der Waals surface area contributed by atoms with E-state index in [1.165, 1.54) is 24.1 Å². The second kappa shape index (κ2) is 7.80. The third kappa shape index (κ3) is 4.62. The van der Waals surface area contributed by atoms with Crippen molar-refractivity contribution < 1.29 is 0 Å². The fraction of sp³-hybridized carbons (Fsp3) is 0.600. The Bertz CT molecular complexity index is 358. The van der Waals surface area contributed by atoms with E-state index in [1.807, 2.05) is 0 Å². The molecule has 1 rings (SSSR count). The Morgan fingerprint density at radius 2 is 1.83 bits per heavy atom. The van der Waals surface area contributed by atoms with Crippen molar-refractivity contribution in [3.05, 3.63) is 28.2 Å². The summed E-state index contributed by atoms with van der Waals surface area (Å²) < 4.78 is 1.13. The maximum Gasteiger partial charge on any atom is 0.0400 e. The Kier molecular flexibility index (Phi) is 6.72. The summed E-state index contributed by atoms with van der Waals surface area (Å²) in [6, 6.07) is 6.74. The summed E-state index contributed by atoms with van der Waals surface area (Å²) >= 11 is 3.55. The van der Waals surface area contributed by atoms with Crippen molar-refractivity contribution in [2.24, 2.45) is 5.73 Å². The maximum atomic E-state index is 5.96. The van der Waals surface area contributed by atoms with Crippen LogP contribution in [0.25, 0.3) is 0 Å². The molecule has 0 fully saturated rings. The second-order valence-corrected chi connectivity index (χ2v) is 5.86. The molecule has 1 unspecified atom stereocenters. The third-order valence-electron chi connectivity index (χ3n) is 2.91. The molecule has 0 heterocycles. The van der Waals surface area contributed by atoms with Gasteiger partial charge in [0.15, 0.2) is 0 Å². The molecule has 0 spiro atoms. The van der Waals surface area contributed by atoms with Crippen LogP contribution in [-0.4, -0.2) is 19.1 Å². The largest absolute Gasteiger partial charge is 0.371 e. The molecule has 0 bridgehead atoms. The van der Waals surface area contributed by atoms with Gasteiger partial charge >= 0.3 is 0 Å². The smallest absolute Gasteiger partial charge is 0.0400 e. The zero-order valence-corrected chi connectivity index (χ0v) is 13.3. The van der Waals surface area contributed by atoms with Crippen LogP contribution in [0.3, 0.4) is 0 Å². The van der Waals surface area contributed by atoms with E-state index in [4.69, 9.17) is 5.73 Å². The summed E-state index contributed by atoms with van der Waals surface area (Å²) in [7, 11) is 0. The van der Waals surface area contributed by atoms with E-state index in [-0.39, 0.29) is 6.04 Å². The highest BCUT2D eigenvalue weighted by molar-refractivity contribution is 9.10. The molecule has 3 heteroatoms. The van der Waals surface area contributed by atoms with E-state index in [2.05, 4.69) is 59.8 Å². The summed E-state index contributed by atoms with van der Waals surface area (Å²) in [5.41, 5.74) is 8.65. The molecule has 2 N–H and O–H groups in total. The standard InChI is InChI=1S/C15H25BrN2/c1-4-8-18(9-5-2)15-7-6-14(16)11-13(15)10-12(3)17/h6-7,11-12H,4-5,8-10,17H2,1-3H3. The van der Waals surface area contributed by atoms with Crippen LogP contribution in [0.1, 0.15) is 39.2 Å². The van der Waals surface area contributed by atoms with Crippen LogP contribution in [0.5, 0.6) is 0 Å². The maximum absolute atomic E-state index is 5.96. The fourth-order valence-corrected chi connectivity index (χ4v) is 2.67. The Hall–Kier alpha value is -0.540. The summed E-state index contributed by atoms with van der Waals surface area (Å²) in [6.45, 7) is 8.75. The zero-order chi connectivity index (χ0) is 13.5. The molecule has 1 atom stereocenters. The summed E-state index contributed by atoms with van der Waals surface area (Å²) in [4.78, 5) is 2.48. The predicted octanol–water partition coefficient (Wildman–Crippen LogP) is 3.97. The average Bonchev–Trinajstić information content (AvgIpc) is 2.28. The first-order valence-corrected chi connectivity index (χ1v) is 7.66. The molecule has 0 saturated carbocycles. The lowest BCUT2D eigenvalue weighted by Gasteiger charge is -2.27. The molecule has 0 aliphatic carbocycles. The van der Waals surface area contributed by atoms with Crippen molar-refractivity contribution in [2.75, 3.05) is 18.0 Å². The van der Waals surface area contributed by atoms with Crippen molar-refractivity contribution in [1.29, 1.82) is 0 Å². The highest BCUT2D eigenvalue weighted by Crippen LogP contribution is 2.26. The Balaban J connectivity index is 3.02. The number of benzene rings is 1. The minimum absolute atomic E-state index is 0.197. The van der Waals surface area contributed by atoms with Crippen molar-refractivity contribution in [1.82, 2.24) is 0 Å². The van der Waals surface area contributed by atoms with Gasteiger partial charge in [-0.15, -0.1) is 0 Å². The van der Waals surface area contributed by atoms with Crippen molar-refractivity contribution in [3.63, 3.8) is 0 Å². The normalized spacial score (nSPS) is 12.5. The van der Waals surface area contributed by atoms with Gasteiger partial charge in [-0.2, -0.15) is 0 Å². The van der Waals surface area contributed by atoms with Gasteiger partial charge in [0.2, 0.25) is 0 Å². The number of anilines is 1. The van der Waals surface area contributed by atoms with Gasteiger partial charge in [0.25, 0.3) is 0 Å². The third-order valence-corrected chi connectivity index (χ3v) is 3.40. The van der Waals surface area contributed by atoms with Crippen LogP contribution >= 0.6 is 15.9 Å². The van der Waals surface area contributed by atoms with Gasteiger partial charge in [-0.3, -0.25) is 0 Å². The Labute approximate surface area is 120 Å². The van der Waals surface area contributed by atoms with E-state index < -0.39 is 0 Å². The lowest BCUT2D eigenvalue weighted by atomic mass is 10.0. The second-order valence-electron chi connectivity index (χ2n) is 4.94. The van der Waals surface area contributed by atoms with E-state index in [0.29, 0.717) is 0 Å². The van der Waals surface area contributed by atoms with Crippen molar-refractivity contribution >= 4 is 21.6 Å². The molecule has 1 aromatic rings. The zero-order valence-electron chi connectivity index (χ0n) is 11.7. The predicted molar refractivity (Wildman–Crippen MR) is 84.3 cm³/mol. The van der Waals surface area contributed by atoms with E-state index in [9.17, 15) is 0 Å². The first-order chi connectivity index (χ1) is 8.58. The van der Waals surface area contributed by atoms with Crippen LogP contribution in [0.4, 0.5) is 5.69 Å². The molecule has 0 aliphatic heterocycles. The first kappa shape index (κ1) is 15.5. The minimum Gasteiger partial charge on any atom is -0.371 e. The van der Waals surface area contributed by atoms with Gasteiger partial charge in [0, 0.05) is 29.3 Å². The Morgan fingerprint density at radius 1 is 1.22 bits per heavy atom. The molecule has 0 aliphatic rings. The molecule has 18 heavy (non-hydrogen) atoms. The van der Waals surface area contributed by atoms with Crippen molar-refractivity contribution in [2.45, 2.75) is 46.1 Å². The molecule has 102 valence electrons. The van der Waals surface area contributed by atoms with Gasteiger partial charge in [0.1, 0.15) is 0 Å². The minimum atomic E-state index is 0.197. The molecular weight excluding hydrogens is 288 g/mol. The molecule has 1 aromatic carbocycles. The fourth-order valence-electron chi connectivity index (χ4n) is 2.27. The highest BCUT2D eigenvalue weighted by atomic mass is 79.9. The molecule has 0 amide bonds. The number of hydrogen-bond acceptors (Lipinski definition) is 2. The van der Waals surface area contributed by atoms with Crippen LogP contribution in [0, 0.1) is 0 Å². The monoisotopic (exact) mass is 312 g/mol. The number of halogens is 1. The lowest BCUT2D eigenvalue weighted by Crippen LogP contribution is -2.27. The molecular formula is C15H25BrN2. The molecule has 0 radical (unpaired) electrons. The van der Waals surface area contributed by atoms with Crippen LogP contribution < -0.4 is 10.6 Å². The summed E-state index contributed by atoms with van der Waals surface area (Å²) in [5, 5.41) is 0. The molecule has 0 aromatic heterocycles. The van der Waals surface area contributed by atoms with Gasteiger partial charge in [-0.25, -0.2) is 0 Å². The van der Waals surface area contributed by atoms with Crippen molar-refractivity contribution in [3.8, 4) is 0 Å². The van der Waals surface area contributed by atoms with Crippen LogP contribution in [0.15, 0.2) is 22.7 Å².